The zero-order valence-electron chi connectivity index (χ0n) is 15.6. The first-order chi connectivity index (χ1) is 13.0. The highest BCUT2D eigenvalue weighted by atomic mass is 35.5. The van der Waals surface area contributed by atoms with Crippen LogP contribution in [0.2, 0.25) is 0 Å². The lowest BCUT2D eigenvalue weighted by molar-refractivity contribution is -0.385. The molecule has 1 heterocycles. The number of amides is 1. The number of carbonyl (C=O) groups is 1. The lowest BCUT2D eigenvalue weighted by Gasteiger charge is -2.17. The van der Waals surface area contributed by atoms with Gasteiger partial charge in [0, 0.05) is 30.6 Å². The topological polar surface area (TPSA) is 98.7 Å². The quantitative estimate of drug-likeness (QED) is 0.587. The smallest absolute Gasteiger partial charge is 0.311 e. The molecule has 2 N–H and O–H groups in total. The highest BCUT2D eigenvalue weighted by molar-refractivity contribution is 5.95. The number of nitro benzene ring substituents is 1. The van der Waals surface area contributed by atoms with Crippen molar-refractivity contribution in [3.8, 4) is 5.75 Å². The van der Waals surface area contributed by atoms with Crippen molar-refractivity contribution >= 4 is 24.0 Å². The van der Waals surface area contributed by atoms with E-state index in [1.54, 1.807) is 17.9 Å². The van der Waals surface area contributed by atoms with E-state index in [1.165, 1.54) is 12.1 Å². The molecule has 0 bridgehead atoms. The molecule has 3 rings (SSSR count). The van der Waals surface area contributed by atoms with Gasteiger partial charge in [-0.1, -0.05) is 30.3 Å². The first kappa shape index (κ1) is 21.7. The number of nitrogens with two attached hydrogens (primary N) is 1. The molecular weight excluding hydrogens is 382 g/mol. The van der Waals surface area contributed by atoms with Crippen LogP contribution in [-0.2, 0) is 0 Å². The number of rotatable bonds is 6. The average Bonchev–Trinajstić information content (AvgIpc) is 3.13. The van der Waals surface area contributed by atoms with E-state index in [0.717, 1.165) is 5.56 Å². The van der Waals surface area contributed by atoms with Crippen LogP contribution in [0.1, 0.15) is 28.8 Å². The Morgan fingerprint density at radius 2 is 1.96 bits per heavy atom. The number of halogens is 1. The molecule has 2 aromatic carbocycles. The minimum Gasteiger partial charge on any atom is -0.487 e. The standard InChI is InChI=1S/C20H23N3O4.ClH/c1-2-27-19-9-8-15(10-18(19)23(25)26)20(24)22-12-16(11-21)17(13-22)14-6-4-3-5-7-14;/h3-10,16-17H,2,11-13,21H2,1H3;1H/t16-,17+;/m1./s1. The van der Waals surface area contributed by atoms with Crippen LogP contribution in [0.5, 0.6) is 5.75 Å². The fourth-order valence-electron chi connectivity index (χ4n) is 3.61. The van der Waals surface area contributed by atoms with Crippen molar-refractivity contribution < 1.29 is 14.5 Å². The van der Waals surface area contributed by atoms with E-state index in [9.17, 15) is 14.9 Å². The van der Waals surface area contributed by atoms with E-state index in [0.29, 0.717) is 26.2 Å². The Kier molecular flexibility index (Phi) is 7.37. The zero-order valence-corrected chi connectivity index (χ0v) is 16.4. The number of hydrogen-bond acceptors (Lipinski definition) is 5. The molecule has 0 spiro atoms. The van der Waals surface area contributed by atoms with Gasteiger partial charge in [-0.15, -0.1) is 12.4 Å². The van der Waals surface area contributed by atoms with Crippen LogP contribution in [0, 0.1) is 16.0 Å². The van der Waals surface area contributed by atoms with Gasteiger partial charge >= 0.3 is 5.69 Å². The number of hydrogen-bond donors (Lipinski definition) is 1. The zero-order chi connectivity index (χ0) is 19.4. The summed E-state index contributed by atoms with van der Waals surface area (Å²) in [4.78, 5) is 25.5. The Bertz CT molecular complexity index is 831. The van der Waals surface area contributed by atoms with Crippen molar-refractivity contribution in [2.75, 3.05) is 26.2 Å². The molecule has 1 aliphatic heterocycles. The third kappa shape index (κ3) is 4.43. The second-order valence-corrected chi connectivity index (χ2v) is 6.60. The summed E-state index contributed by atoms with van der Waals surface area (Å²) in [7, 11) is 0. The highest BCUT2D eigenvalue weighted by Gasteiger charge is 2.36. The summed E-state index contributed by atoms with van der Waals surface area (Å²) < 4.78 is 5.28. The fourth-order valence-corrected chi connectivity index (χ4v) is 3.61. The molecule has 0 aromatic heterocycles. The Balaban J connectivity index is 0.00000280. The van der Waals surface area contributed by atoms with Gasteiger partial charge in [0.15, 0.2) is 5.75 Å². The summed E-state index contributed by atoms with van der Waals surface area (Å²) in [6.45, 7) is 3.63. The molecule has 0 saturated carbocycles. The lowest BCUT2D eigenvalue weighted by atomic mass is 9.89. The van der Waals surface area contributed by atoms with E-state index in [4.69, 9.17) is 10.5 Å². The van der Waals surface area contributed by atoms with E-state index in [1.807, 2.05) is 30.3 Å². The number of nitro groups is 1. The van der Waals surface area contributed by atoms with Gasteiger partial charge in [-0.3, -0.25) is 14.9 Å². The van der Waals surface area contributed by atoms with Crippen molar-refractivity contribution in [2.24, 2.45) is 11.7 Å². The summed E-state index contributed by atoms with van der Waals surface area (Å²) in [5.74, 6) is 0.271. The van der Waals surface area contributed by atoms with Crippen LogP contribution in [0.25, 0.3) is 0 Å². The molecule has 2 atom stereocenters. The van der Waals surface area contributed by atoms with E-state index < -0.39 is 4.92 Å². The predicted molar refractivity (Wildman–Crippen MR) is 109 cm³/mol. The maximum atomic E-state index is 13.0. The molecule has 0 aliphatic carbocycles. The molecule has 28 heavy (non-hydrogen) atoms. The Morgan fingerprint density at radius 1 is 1.25 bits per heavy atom. The third-order valence-electron chi connectivity index (χ3n) is 4.96. The molecule has 7 nitrogen and oxygen atoms in total. The first-order valence-electron chi connectivity index (χ1n) is 9.00. The van der Waals surface area contributed by atoms with Crippen molar-refractivity contribution in [3.63, 3.8) is 0 Å². The van der Waals surface area contributed by atoms with E-state index in [-0.39, 0.29) is 47.2 Å². The Hall–Kier alpha value is -2.64. The second kappa shape index (κ2) is 9.52. The summed E-state index contributed by atoms with van der Waals surface area (Å²) in [6, 6.07) is 14.4. The maximum Gasteiger partial charge on any atom is 0.311 e. The molecule has 2 aromatic rings. The second-order valence-electron chi connectivity index (χ2n) is 6.60. The molecule has 1 aliphatic rings. The van der Waals surface area contributed by atoms with Gasteiger partial charge in [-0.05, 0) is 37.1 Å². The highest BCUT2D eigenvalue weighted by Crippen LogP contribution is 2.34. The summed E-state index contributed by atoms with van der Waals surface area (Å²) in [6.07, 6.45) is 0. The number of benzene rings is 2. The normalized spacial score (nSPS) is 18.4. The Morgan fingerprint density at radius 3 is 2.57 bits per heavy atom. The molecule has 1 fully saturated rings. The summed E-state index contributed by atoms with van der Waals surface area (Å²) >= 11 is 0. The average molecular weight is 406 g/mol. The Labute approximate surface area is 170 Å². The largest absolute Gasteiger partial charge is 0.487 e. The van der Waals surface area contributed by atoms with Crippen LogP contribution in [0.15, 0.2) is 48.5 Å². The van der Waals surface area contributed by atoms with Crippen LogP contribution in [0.3, 0.4) is 0 Å². The number of ether oxygens (including phenoxy) is 1. The van der Waals surface area contributed by atoms with Gasteiger partial charge < -0.3 is 15.4 Å². The van der Waals surface area contributed by atoms with Crippen molar-refractivity contribution in [1.29, 1.82) is 0 Å². The number of nitrogens with zero attached hydrogens (tertiary/aromatic N) is 2. The minimum absolute atomic E-state index is 0. The monoisotopic (exact) mass is 405 g/mol. The number of likely N-dealkylation sites (tertiary alicyclic amines) is 1. The van der Waals surface area contributed by atoms with Gasteiger partial charge in [0.2, 0.25) is 0 Å². The first-order valence-corrected chi connectivity index (χ1v) is 9.00. The maximum absolute atomic E-state index is 13.0. The van der Waals surface area contributed by atoms with Gasteiger partial charge in [0.1, 0.15) is 0 Å². The SMILES string of the molecule is CCOc1ccc(C(=O)N2C[C@@H](CN)[C@H](c3ccccc3)C2)cc1[N+](=O)[O-].Cl. The molecule has 1 amide bonds. The molecule has 0 unspecified atom stereocenters. The fraction of sp³-hybridized carbons (Fsp3) is 0.350. The van der Waals surface area contributed by atoms with Crippen molar-refractivity contribution in [2.45, 2.75) is 12.8 Å². The molecule has 150 valence electrons. The summed E-state index contributed by atoms with van der Waals surface area (Å²) in [5, 5.41) is 11.3. The van der Waals surface area contributed by atoms with Crippen molar-refractivity contribution in [3.05, 3.63) is 69.8 Å². The molecule has 1 saturated heterocycles. The van der Waals surface area contributed by atoms with Crippen LogP contribution in [-0.4, -0.2) is 42.0 Å². The minimum atomic E-state index is -0.527. The van der Waals surface area contributed by atoms with E-state index in [2.05, 4.69) is 0 Å². The van der Waals surface area contributed by atoms with Gasteiger partial charge in [-0.2, -0.15) is 0 Å². The van der Waals surface area contributed by atoms with Gasteiger partial charge in [-0.25, -0.2) is 0 Å². The lowest BCUT2D eigenvalue weighted by Crippen LogP contribution is -2.29. The molecule has 8 heteroatoms. The molecular formula is C20H24ClN3O4. The summed E-state index contributed by atoms with van der Waals surface area (Å²) in [5.41, 5.74) is 7.18. The third-order valence-corrected chi connectivity index (χ3v) is 4.96. The van der Waals surface area contributed by atoms with Crippen LogP contribution >= 0.6 is 12.4 Å². The van der Waals surface area contributed by atoms with Crippen molar-refractivity contribution in [1.82, 2.24) is 4.90 Å². The number of carbonyl (C=O) groups excluding carboxylic acids is 1. The van der Waals surface area contributed by atoms with Crippen LogP contribution in [0.4, 0.5) is 5.69 Å². The van der Waals surface area contributed by atoms with E-state index >= 15 is 0 Å². The predicted octanol–water partition coefficient (Wildman–Crippen LogP) is 3.23. The van der Waals surface area contributed by atoms with Gasteiger partial charge in [0.05, 0.1) is 11.5 Å². The molecule has 0 radical (unpaired) electrons. The van der Waals surface area contributed by atoms with Crippen LogP contribution < -0.4 is 10.5 Å². The van der Waals surface area contributed by atoms with Gasteiger partial charge in [0.25, 0.3) is 5.91 Å².